The first-order valence-corrected chi connectivity index (χ1v) is 10.4. The van der Waals surface area contributed by atoms with Crippen LogP contribution >= 0.6 is 22.9 Å². The number of imide groups is 1. The molecule has 0 radical (unpaired) electrons. The summed E-state index contributed by atoms with van der Waals surface area (Å²) in [5, 5.41) is 5.62. The summed E-state index contributed by atoms with van der Waals surface area (Å²) in [6.07, 6.45) is 0.712. The van der Waals surface area contributed by atoms with Crippen molar-refractivity contribution < 1.29 is 14.3 Å². The Hall–Kier alpha value is -2.15. The van der Waals surface area contributed by atoms with E-state index >= 15 is 0 Å². The summed E-state index contributed by atoms with van der Waals surface area (Å²) in [6.45, 7) is 6.65. The minimum absolute atomic E-state index is 0.118. The van der Waals surface area contributed by atoms with Crippen molar-refractivity contribution in [3.63, 3.8) is 0 Å². The van der Waals surface area contributed by atoms with Crippen molar-refractivity contribution in [2.24, 2.45) is 0 Å². The summed E-state index contributed by atoms with van der Waals surface area (Å²) in [7, 11) is 0. The molecule has 0 unspecified atom stereocenters. The lowest BCUT2D eigenvalue weighted by Crippen LogP contribution is -2.34. The molecule has 0 fully saturated rings. The van der Waals surface area contributed by atoms with Crippen LogP contribution in [0.3, 0.4) is 0 Å². The van der Waals surface area contributed by atoms with E-state index in [0.717, 1.165) is 10.4 Å². The van der Waals surface area contributed by atoms with Crippen LogP contribution < -0.4 is 5.32 Å². The first-order valence-electron chi connectivity index (χ1n) is 9.17. The minimum atomic E-state index is -0.322. The van der Waals surface area contributed by atoms with Crippen LogP contribution in [0.4, 0.5) is 5.69 Å². The second-order valence-electron chi connectivity index (χ2n) is 6.85. The van der Waals surface area contributed by atoms with E-state index in [9.17, 15) is 9.59 Å². The molecule has 3 rings (SSSR count). The van der Waals surface area contributed by atoms with Crippen LogP contribution in [-0.4, -0.2) is 36.0 Å². The molecular weight excluding hydrogens is 396 g/mol. The number of nitrogens with zero attached hydrogens (tertiary/aromatic N) is 1. The molecule has 1 aliphatic heterocycles. The average Bonchev–Trinajstić information content (AvgIpc) is 3.24. The van der Waals surface area contributed by atoms with E-state index in [2.05, 4.69) is 5.32 Å². The standard InChI is InChI=1S/C21H23ClN2O3S/c1-13(2)27-10-5-9-24-20(25)18(17-6-4-11-28-17)19(21(24)26)23-16-12-15(22)8-7-14(16)3/h4,6-8,11-13,23H,5,9-10H2,1-3H3. The predicted octanol–water partition coefficient (Wildman–Crippen LogP) is 4.72. The first-order chi connectivity index (χ1) is 13.4. The number of rotatable bonds is 8. The van der Waals surface area contributed by atoms with Gasteiger partial charge >= 0.3 is 0 Å². The fourth-order valence-electron chi connectivity index (χ4n) is 2.95. The summed E-state index contributed by atoms with van der Waals surface area (Å²) in [5.74, 6) is -0.600. The summed E-state index contributed by atoms with van der Waals surface area (Å²) >= 11 is 7.55. The topological polar surface area (TPSA) is 58.6 Å². The quantitative estimate of drug-likeness (QED) is 0.498. The van der Waals surface area contributed by atoms with E-state index in [1.807, 2.05) is 44.4 Å². The number of thiophene rings is 1. The molecule has 0 atom stereocenters. The van der Waals surface area contributed by atoms with Crippen molar-refractivity contribution >= 4 is 46.0 Å². The zero-order chi connectivity index (χ0) is 20.3. The highest BCUT2D eigenvalue weighted by molar-refractivity contribution is 7.11. The highest BCUT2D eigenvalue weighted by Gasteiger charge is 2.39. The number of carbonyl (C=O) groups is 2. The predicted molar refractivity (Wildman–Crippen MR) is 113 cm³/mol. The van der Waals surface area contributed by atoms with Gasteiger partial charge in [-0.2, -0.15) is 0 Å². The van der Waals surface area contributed by atoms with Crippen molar-refractivity contribution in [1.29, 1.82) is 0 Å². The van der Waals surface area contributed by atoms with Gasteiger partial charge in [0, 0.05) is 28.7 Å². The molecule has 2 amide bonds. The zero-order valence-electron chi connectivity index (χ0n) is 16.1. The van der Waals surface area contributed by atoms with Crippen LogP contribution in [0.15, 0.2) is 41.4 Å². The Morgan fingerprint density at radius 1 is 1.21 bits per heavy atom. The Kier molecular flexibility index (Phi) is 6.54. The van der Waals surface area contributed by atoms with Crippen LogP contribution in [0.1, 0.15) is 30.7 Å². The number of ether oxygens (including phenoxy) is 1. The highest BCUT2D eigenvalue weighted by atomic mass is 35.5. The summed E-state index contributed by atoms with van der Waals surface area (Å²) in [5.41, 5.74) is 2.35. The number of hydrogen-bond donors (Lipinski definition) is 1. The summed E-state index contributed by atoms with van der Waals surface area (Å²) < 4.78 is 5.53. The Morgan fingerprint density at radius 3 is 2.68 bits per heavy atom. The molecule has 2 aromatic rings. The molecule has 2 heterocycles. The first kappa shape index (κ1) is 20.6. The van der Waals surface area contributed by atoms with Gasteiger partial charge in [0.1, 0.15) is 5.70 Å². The van der Waals surface area contributed by atoms with Gasteiger partial charge in [-0.05, 0) is 56.3 Å². The molecule has 1 aromatic carbocycles. The fraction of sp³-hybridized carbons (Fsp3) is 0.333. The third kappa shape index (κ3) is 4.46. The molecular formula is C21H23ClN2O3S. The maximum atomic E-state index is 13.1. The number of nitrogens with one attached hydrogen (secondary N) is 1. The monoisotopic (exact) mass is 418 g/mol. The lowest BCUT2D eigenvalue weighted by molar-refractivity contribution is -0.137. The van der Waals surface area contributed by atoms with Gasteiger partial charge in [0.05, 0.1) is 11.7 Å². The molecule has 1 aromatic heterocycles. The zero-order valence-corrected chi connectivity index (χ0v) is 17.7. The van der Waals surface area contributed by atoms with Crippen molar-refractivity contribution in [3.05, 3.63) is 56.9 Å². The lowest BCUT2D eigenvalue weighted by atomic mass is 10.1. The van der Waals surface area contributed by atoms with Crippen molar-refractivity contribution in [1.82, 2.24) is 4.90 Å². The van der Waals surface area contributed by atoms with E-state index in [4.69, 9.17) is 16.3 Å². The number of benzene rings is 1. The normalized spacial score (nSPS) is 14.5. The number of halogens is 1. The van der Waals surface area contributed by atoms with E-state index in [1.165, 1.54) is 16.2 Å². The Morgan fingerprint density at radius 2 is 2.00 bits per heavy atom. The van der Waals surface area contributed by atoms with Gasteiger partial charge in [0.15, 0.2) is 0 Å². The van der Waals surface area contributed by atoms with Crippen LogP contribution in [-0.2, 0) is 14.3 Å². The van der Waals surface area contributed by atoms with E-state index in [0.29, 0.717) is 41.6 Å². The minimum Gasteiger partial charge on any atom is -0.379 e. The molecule has 0 spiro atoms. The number of hydrogen-bond acceptors (Lipinski definition) is 5. The summed E-state index contributed by atoms with van der Waals surface area (Å²) in [6, 6.07) is 9.14. The maximum absolute atomic E-state index is 13.1. The van der Waals surface area contributed by atoms with Crippen LogP contribution in [0.25, 0.3) is 5.57 Å². The third-order valence-corrected chi connectivity index (χ3v) is 5.49. The average molecular weight is 419 g/mol. The number of carbonyl (C=O) groups excluding carboxylic acids is 2. The molecule has 1 N–H and O–H groups in total. The number of amides is 2. The Labute approximate surface area is 173 Å². The van der Waals surface area contributed by atoms with Gasteiger partial charge in [-0.3, -0.25) is 14.5 Å². The van der Waals surface area contributed by atoms with E-state index in [-0.39, 0.29) is 17.9 Å². The second kappa shape index (κ2) is 8.90. The highest BCUT2D eigenvalue weighted by Crippen LogP contribution is 2.34. The van der Waals surface area contributed by atoms with Gasteiger partial charge in [0.25, 0.3) is 11.8 Å². The van der Waals surface area contributed by atoms with E-state index in [1.54, 1.807) is 12.1 Å². The number of aryl methyl sites for hydroxylation is 1. The molecule has 0 aliphatic carbocycles. The van der Waals surface area contributed by atoms with Gasteiger partial charge in [-0.15, -0.1) is 11.3 Å². The van der Waals surface area contributed by atoms with Gasteiger partial charge < -0.3 is 10.1 Å². The lowest BCUT2D eigenvalue weighted by Gasteiger charge is -2.16. The SMILES string of the molecule is Cc1ccc(Cl)cc1NC1=C(c2cccs2)C(=O)N(CCCOC(C)C)C1=O. The van der Waals surface area contributed by atoms with Crippen molar-refractivity contribution in [2.75, 3.05) is 18.5 Å². The molecule has 0 saturated carbocycles. The van der Waals surface area contributed by atoms with Crippen molar-refractivity contribution in [2.45, 2.75) is 33.3 Å². The molecule has 0 bridgehead atoms. The summed E-state index contributed by atoms with van der Waals surface area (Å²) in [4.78, 5) is 28.2. The molecule has 7 heteroatoms. The maximum Gasteiger partial charge on any atom is 0.278 e. The van der Waals surface area contributed by atoms with Gasteiger partial charge in [-0.25, -0.2) is 0 Å². The second-order valence-corrected chi connectivity index (χ2v) is 8.23. The van der Waals surface area contributed by atoms with Crippen LogP contribution in [0.2, 0.25) is 5.02 Å². The molecule has 5 nitrogen and oxygen atoms in total. The van der Waals surface area contributed by atoms with Crippen molar-refractivity contribution in [3.8, 4) is 0 Å². The molecule has 1 aliphatic rings. The van der Waals surface area contributed by atoms with Crippen LogP contribution in [0.5, 0.6) is 0 Å². The van der Waals surface area contributed by atoms with Gasteiger partial charge in [-0.1, -0.05) is 23.7 Å². The van der Waals surface area contributed by atoms with E-state index < -0.39 is 0 Å². The third-order valence-electron chi connectivity index (χ3n) is 4.37. The Bertz CT molecular complexity index is 906. The molecule has 148 valence electrons. The largest absolute Gasteiger partial charge is 0.379 e. The Balaban J connectivity index is 1.88. The molecule has 0 saturated heterocycles. The smallest absolute Gasteiger partial charge is 0.278 e. The number of anilines is 1. The fourth-order valence-corrected chi connectivity index (χ4v) is 3.89. The molecule has 28 heavy (non-hydrogen) atoms. The van der Waals surface area contributed by atoms with Crippen LogP contribution in [0, 0.1) is 6.92 Å². The van der Waals surface area contributed by atoms with Gasteiger partial charge in [0.2, 0.25) is 0 Å².